The number of nitrogens with one attached hydrogen (secondary N) is 5. The number of aromatic amines is 1. The predicted octanol–water partition coefficient (Wildman–Crippen LogP) is 6.30. The molecule has 7 rings (SSSR count). The summed E-state index contributed by atoms with van der Waals surface area (Å²) < 4.78 is 64.7. The van der Waals surface area contributed by atoms with Crippen LogP contribution in [0.3, 0.4) is 0 Å². The lowest BCUT2D eigenvalue weighted by Gasteiger charge is -2.36. The molecule has 19 heteroatoms. The topological polar surface area (TPSA) is 215 Å². The Morgan fingerprint density at radius 2 is 1.66 bits per heavy atom. The van der Waals surface area contributed by atoms with E-state index in [1.54, 1.807) is 64.0 Å². The molecule has 2 aliphatic rings. The van der Waals surface area contributed by atoms with E-state index in [1.165, 1.54) is 23.8 Å². The first-order chi connectivity index (χ1) is 33.3. The van der Waals surface area contributed by atoms with E-state index in [0.717, 1.165) is 24.8 Å². The molecule has 0 unspecified atom stereocenters. The summed E-state index contributed by atoms with van der Waals surface area (Å²) in [4.78, 5) is 47.6. The van der Waals surface area contributed by atoms with Gasteiger partial charge in [-0.3, -0.25) is 24.5 Å². The normalized spacial score (nSPS) is 18.4. The number of carbonyl (C=O) groups excluding carboxylic acids is 3. The van der Waals surface area contributed by atoms with Crippen LogP contribution in [0.4, 0.5) is 15.9 Å². The van der Waals surface area contributed by atoms with Crippen LogP contribution in [0.1, 0.15) is 84.9 Å². The summed E-state index contributed by atoms with van der Waals surface area (Å²) in [5.41, 5.74) is 3.27. The highest BCUT2D eigenvalue weighted by atomic mass is 32.2. The van der Waals surface area contributed by atoms with Crippen molar-refractivity contribution in [2.45, 2.75) is 114 Å². The van der Waals surface area contributed by atoms with Gasteiger partial charge in [-0.25, -0.2) is 12.8 Å². The number of rotatable bonds is 20. The first-order valence-corrected chi connectivity index (χ1v) is 25.4. The predicted molar refractivity (Wildman–Crippen MR) is 265 cm³/mol. The van der Waals surface area contributed by atoms with Crippen LogP contribution in [-0.2, 0) is 44.9 Å². The summed E-state index contributed by atoms with van der Waals surface area (Å²) in [7, 11) is -2.24. The third-order valence-corrected chi connectivity index (χ3v) is 15.4. The molecule has 5 aromatic rings. The number of likely N-dealkylation sites (tertiary alicyclic amines) is 1. The number of aromatic nitrogens is 3. The molecule has 0 radical (unpaired) electrons. The van der Waals surface area contributed by atoms with Gasteiger partial charge in [0.2, 0.25) is 17.7 Å². The van der Waals surface area contributed by atoms with Gasteiger partial charge >= 0.3 is 0 Å². The quantitative estimate of drug-likeness (QED) is 0.0543. The van der Waals surface area contributed by atoms with Gasteiger partial charge in [-0.2, -0.15) is 5.10 Å². The first kappa shape index (κ1) is 52.1. The number of hydrogen-bond acceptors (Lipinski definition) is 13. The lowest BCUT2D eigenvalue weighted by atomic mass is 9.85. The largest absolute Gasteiger partial charge is 0.490 e. The molecule has 1 fully saturated rings. The number of halogens is 1. The fraction of sp³-hybridized carbons (Fsp3) is 0.510. The highest BCUT2D eigenvalue weighted by molar-refractivity contribution is 7.92. The Kier molecular flexibility index (Phi) is 16.5. The average molecular weight is 987 g/mol. The first-order valence-electron chi connectivity index (χ1n) is 23.9. The van der Waals surface area contributed by atoms with Gasteiger partial charge < -0.3 is 45.1 Å². The van der Waals surface area contributed by atoms with Crippen molar-refractivity contribution >= 4 is 60.9 Å². The van der Waals surface area contributed by atoms with Crippen molar-refractivity contribution in [1.82, 2.24) is 36.0 Å². The van der Waals surface area contributed by atoms with Crippen molar-refractivity contribution < 1.29 is 46.1 Å². The van der Waals surface area contributed by atoms with Crippen molar-refractivity contribution in [1.29, 1.82) is 0 Å². The summed E-state index contributed by atoms with van der Waals surface area (Å²) >= 11 is 0. The zero-order valence-corrected chi connectivity index (χ0v) is 42.1. The van der Waals surface area contributed by atoms with Crippen LogP contribution in [-0.4, -0.2) is 128 Å². The molecule has 3 heterocycles. The van der Waals surface area contributed by atoms with E-state index in [1.807, 2.05) is 39.0 Å². The number of benzene rings is 3. The standard InChI is InChI=1S/C51H67FN8O9S/c1-31(53-8)47(61)57-45(50(2,3)4)49(63)60-30-34(27-42(60)48(62)56-38-15-11-13-32-12-9-10-14-35(32)38)68-24-22-66-20-21-67-23-25-69-43-29-41-36(28-44(43)70(64,65)51(5,6)7)39(18-19-54-41)55-46-37-26-33(52)16-17-40(37)58-59-46/h9-10,12,14,16-19,26,28-29,31,34,38,42,45,53H,11,13,15,20-25,27,30H2,1-8H3,(H,56,62)(H,57,61)(H2,54,55,58,59)/t31-,34-,38-,42-,45+/m0/s1. The Hall–Kier alpha value is -5.73. The maximum Gasteiger partial charge on any atom is 0.246 e. The molecule has 3 amide bonds. The zero-order chi connectivity index (χ0) is 50.4. The van der Waals surface area contributed by atoms with Gasteiger partial charge in [-0.15, -0.1) is 0 Å². The van der Waals surface area contributed by atoms with Gasteiger partial charge in [-0.1, -0.05) is 45.0 Å². The molecule has 2 aromatic heterocycles. The minimum absolute atomic E-state index is 0.0125. The van der Waals surface area contributed by atoms with Gasteiger partial charge in [0.25, 0.3) is 0 Å². The fourth-order valence-corrected chi connectivity index (χ4v) is 10.0. The zero-order valence-electron chi connectivity index (χ0n) is 41.3. The van der Waals surface area contributed by atoms with Crippen molar-refractivity contribution in [3.8, 4) is 5.75 Å². The van der Waals surface area contributed by atoms with Crippen molar-refractivity contribution in [2.24, 2.45) is 5.41 Å². The van der Waals surface area contributed by atoms with E-state index in [-0.39, 0.29) is 87.0 Å². The molecule has 378 valence electrons. The van der Waals surface area contributed by atoms with Gasteiger partial charge in [0.1, 0.15) is 35.2 Å². The lowest BCUT2D eigenvalue weighted by molar-refractivity contribution is -0.144. The number of ether oxygens (including phenoxy) is 4. The number of pyridine rings is 1. The number of likely N-dealkylation sites (N-methyl/N-ethyl adjacent to an activating group) is 1. The molecule has 1 aliphatic carbocycles. The molecule has 3 aromatic carbocycles. The summed E-state index contributed by atoms with van der Waals surface area (Å²) in [6.45, 7) is 13.5. The summed E-state index contributed by atoms with van der Waals surface area (Å²) in [5, 5.41) is 20.5. The van der Waals surface area contributed by atoms with E-state index >= 15 is 0 Å². The second-order valence-electron chi connectivity index (χ2n) is 20.0. The monoisotopic (exact) mass is 986 g/mol. The van der Waals surface area contributed by atoms with Gasteiger partial charge in [0.05, 0.1) is 72.7 Å². The van der Waals surface area contributed by atoms with Gasteiger partial charge in [0, 0.05) is 36.0 Å². The van der Waals surface area contributed by atoms with Crippen LogP contribution in [0.25, 0.3) is 21.8 Å². The number of H-pyrrole nitrogens is 1. The van der Waals surface area contributed by atoms with Gasteiger partial charge in [0.15, 0.2) is 15.7 Å². The van der Waals surface area contributed by atoms with Crippen molar-refractivity contribution in [3.05, 3.63) is 83.8 Å². The highest BCUT2D eigenvalue weighted by Gasteiger charge is 2.46. The number of fused-ring (bicyclic) bond motifs is 3. The Balaban J connectivity index is 0.924. The van der Waals surface area contributed by atoms with E-state index in [9.17, 15) is 27.2 Å². The number of amides is 3. The van der Waals surface area contributed by atoms with Crippen LogP contribution in [0, 0.1) is 11.2 Å². The molecule has 0 saturated carbocycles. The van der Waals surface area contributed by atoms with Crippen LogP contribution in [0.5, 0.6) is 5.75 Å². The third-order valence-electron chi connectivity index (χ3n) is 12.9. The molecule has 5 N–H and O–H groups in total. The smallest absolute Gasteiger partial charge is 0.246 e. The van der Waals surface area contributed by atoms with E-state index in [0.29, 0.717) is 33.3 Å². The summed E-state index contributed by atoms with van der Waals surface area (Å²) in [6.07, 6.45) is 4.08. The average Bonchev–Trinajstić information content (AvgIpc) is 3.94. The molecule has 70 heavy (non-hydrogen) atoms. The van der Waals surface area contributed by atoms with Crippen LogP contribution < -0.4 is 26.0 Å². The minimum atomic E-state index is -3.91. The molecular formula is C51H67FN8O9S. The number of anilines is 2. The van der Waals surface area contributed by atoms with Crippen LogP contribution >= 0.6 is 0 Å². The Morgan fingerprint density at radius 1 is 0.929 bits per heavy atom. The Bertz CT molecular complexity index is 2770. The molecule has 1 saturated heterocycles. The fourth-order valence-electron chi connectivity index (χ4n) is 8.73. The molecule has 1 aliphatic heterocycles. The molecule has 0 spiro atoms. The van der Waals surface area contributed by atoms with Gasteiger partial charge in [-0.05, 0) is 101 Å². The Morgan fingerprint density at radius 3 is 2.39 bits per heavy atom. The number of aryl methyl sites for hydroxylation is 1. The van der Waals surface area contributed by atoms with E-state index in [2.05, 4.69) is 42.5 Å². The molecule has 17 nitrogen and oxygen atoms in total. The summed E-state index contributed by atoms with van der Waals surface area (Å²) in [5.74, 6) is -0.839. The lowest BCUT2D eigenvalue weighted by Crippen LogP contribution is -2.59. The number of hydrogen-bond donors (Lipinski definition) is 5. The van der Waals surface area contributed by atoms with Crippen LogP contribution in [0.15, 0.2) is 71.8 Å². The van der Waals surface area contributed by atoms with Crippen molar-refractivity contribution in [2.75, 3.05) is 58.6 Å². The SMILES string of the molecule is CN[C@@H](C)C(=O)N[C@H](C(=O)N1C[C@@H](OCCOCCOCCOc2cc3nccc(Nc4n[nH]c5ccc(F)cc45)c3cc2S(=O)(=O)C(C)(C)C)C[C@H]1C(=O)N[C@H]1CCCc2ccccc21)C(C)(C)C. The third kappa shape index (κ3) is 12.1. The summed E-state index contributed by atoms with van der Waals surface area (Å²) in [6, 6.07) is 14.8. The number of nitrogens with zero attached hydrogens (tertiary/aromatic N) is 3. The van der Waals surface area contributed by atoms with Crippen LogP contribution in [0.2, 0.25) is 0 Å². The highest BCUT2D eigenvalue weighted by Crippen LogP contribution is 2.38. The second-order valence-corrected chi connectivity index (χ2v) is 22.6. The van der Waals surface area contributed by atoms with E-state index in [4.69, 9.17) is 18.9 Å². The number of carbonyl (C=O) groups is 3. The minimum Gasteiger partial charge on any atom is -0.490 e. The number of sulfone groups is 1. The molecular weight excluding hydrogens is 920 g/mol. The Labute approximate surface area is 409 Å². The van der Waals surface area contributed by atoms with E-state index < -0.39 is 50.0 Å². The maximum atomic E-state index is 14.4. The maximum absolute atomic E-state index is 14.4. The molecule has 5 atom stereocenters. The van der Waals surface area contributed by atoms with Crippen molar-refractivity contribution in [3.63, 3.8) is 0 Å². The second kappa shape index (κ2) is 22.1. The molecule has 0 bridgehead atoms.